The molecular formula is C18H22N6O5S. The number of nitrogens with zero attached hydrogens (tertiary/aromatic N) is 3. The molecule has 1 aromatic carbocycles. The van der Waals surface area contributed by atoms with Gasteiger partial charge in [-0.05, 0) is 38.8 Å². The average molecular weight is 434 g/mol. The van der Waals surface area contributed by atoms with E-state index in [1.807, 2.05) is 0 Å². The molecule has 0 spiro atoms. The van der Waals surface area contributed by atoms with Crippen molar-refractivity contribution in [3.63, 3.8) is 0 Å². The van der Waals surface area contributed by atoms with Crippen LogP contribution in [0.4, 0.5) is 5.95 Å². The summed E-state index contributed by atoms with van der Waals surface area (Å²) >= 11 is 0. The molecule has 0 atom stereocenters. The van der Waals surface area contributed by atoms with Gasteiger partial charge in [0.2, 0.25) is 21.9 Å². The van der Waals surface area contributed by atoms with Gasteiger partial charge in [-0.3, -0.25) is 30.2 Å². The lowest BCUT2D eigenvalue weighted by Gasteiger charge is -2.30. The van der Waals surface area contributed by atoms with E-state index >= 15 is 0 Å². The summed E-state index contributed by atoms with van der Waals surface area (Å²) in [5.74, 6) is -0.858. The Morgan fingerprint density at radius 1 is 1.13 bits per heavy atom. The predicted octanol–water partition coefficient (Wildman–Crippen LogP) is 0.220. The van der Waals surface area contributed by atoms with E-state index in [1.54, 1.807) is 0 Å². The van der Waals surface area contributed by atoms with Gasteiger partial charge in [0, 0.05) is 24.6 Å². The number of nitrogens with one attached hydrogen (secondary N) is 3. The summed E-state index contributed by atoms with van der Waals surface area (Å²) in [6.07, 6.45) is 0.683. The number of hydrogen-bond acceptors (Lipinski definition) is 8. The second-order valence-corrected chi connectivity index (χ2v) is 8.90. The number of H-pyrrole nitrogens is 1. The molecule has 2 aromatic rings. The average Bonchev–Trinajstić information content (AvgIpc) is 2.74. The number of aromatic nitrogens is 3. The molecule has 2 heterocycles. The van der Waals surface area contributed by atoms with Crippen LogP contribution in [0.1, 0.15) is 35.8 Å². The molecular weight excluding hydrogens is 412 g/mol. The van der Waals surface area contributed by atoms with Crippen molar-refractivity contribution in [3.05, 3.63) is 45.9 Å². The molecule has 30 heavy (non-hydrogen) atoms. The van der Waals surface area contributed by atoms with Crippen LogP contribution in [0.25, 0.3) is 0 Å². The Morgan fingerprint density at radius 2 is 1.77 bits per heavy atom. The van der Waals surface area contributed by atoms with Crippen molar-refractivity contribution in [2.24, 2.45) is 5.92 Å². The largest absolute Gasteiger partial charge is 0.295 e. The minimum absolute atomic E-state index is 0.00738. The molecule has 1 fully saturated rings. The number of hydrogen-bond donors (Lipinski definition) is 3. The van der Waals surface area contributed by atoms with Crippen molar-refractivity contribution < 1.29 is 18.0 Å². The van der Waals surface area contributed by atoms with Gasteiger partial charge in [0.05, 0.1) is 4.90 Å². The topological polar surface area (TPSA) is 154 Å². The third kappa shape index (κ3) is 4.71. The molecule has 3 N–H and O–H groups in total. The molecule has 1 aliphatic rings. The number of rotatable bonds is 6. The van der Waals surface area contributed by atoms with E-state index in [2.05, 4.69) is 26.0 Å². The van der Waals surface area contributed by atoms with Gasteiger partial charge in [0.25, 0.3) is 5.56 Å². The Bertz CT molecular complexity index is 1100. The zero-order valence-corrected chi connectivity index (χ0v) is 17.3. The fourth-order valence-corrected chi connectivity index (χ4v) is 4.51. The maximum Gasteiger partial charge on any atom is 0.274 e. The van der Waals surface area contributed by atoms with Gasteiger partial charge in [-0.25, -0.2) is 8.42 Å². The van der Waals surface area contributed by atoms with Gasteiger partial charge < -0.3 is 0 Å². The third-order valence-corrected chi connectivity index (χ3v) is 6.80. The first-order chi connectivity index (χ1) is 14.2. The van der Waals surface area contributed by atoms with Gasteiger partial charge in [-0.15, -0.1) is 10.2 Å². The summed E-state index contributed by atoms with van der Waals surface area (Å²) in [5.41, 5.74) is 5.19. The highest BCUT2D eigenvalue weighted by Crippen LogP contribution is 2.24. The van der Waals surface area contributed by atoms with E-state index in [4.69, 9.17) is 0 Å². The minimum atomic E-state index is -3.70. The molecule has 11 nitrogen and oxygen atoms in total. The first kappa shape index (κ1) is 21.6. The second-order valence-electron chi connectivity index (χ2n) is 6.96. The quantitative estimate of drug-likeness (QED) is 0.431. The molecule has 1 amide bonds. The number of sulfonamides is 1. The van der Waals surface area contributed by atoms with Crippen LogP contribution in [-0.2, 0) is 14.8 Å². The lowest BCUT2D eigenvalue weighted by molar-refractivity contribution is -0.125. The van der Waals surface area contributed by atoms with Crippen molar-refractivity contribution >= 4 is 27.7 Å². The SMILES string of the molecule is CC(=O)c1ccc(S(=O)(=O)N2CCC(C(=O)NNc3nnc(C)c(=O)[nH]3)CC2)cc1. The van der Waals surface area contributed by atoms with Crippen molar-refractivity contribution in [2.45, 2.75) is 31.6 Å². The summed E-state index contributed by atoms with van der Waals surface area (Å²) in [6.45, 7) is 3.30. The van der Waals surface area contributed by atoms with Crippen LogP contribution >= 0.6 is 0 Å². The molecule has 0 radical (unpaired) electrons. The van der Waals surface area contributed by atoms with Gasteiger partial charge in [-0.1, -0.05) is 12.1 Å². The standard InChI is InChI=1S/C18H22N6O5S/c1-11-16(26)19-18(22-20-11)23-21-17(27)14-7-9-24(10-8-14)30(28,29)15-5-3-13(4-6-15)12(2)25/h3-6,14H,7-10H2,1-2H3,(H,21,27)(H2,19,22,23,26). The number of hydrazine groups is 1. The van der Waals surface area contributed by atoms with Crippen molar-refractivity contribution in [1.29, 1.82) is 0 Å². The Hall–Kier alpha value is -3.12. The molecule has 160 valence electrons. The van der Waals surface area contributed by atoms with Crippen molar-refractivity contribution in [1.82, 2.24) is 24.9 Å². The first-order valence-corrected chi connectivity index (χ1v) is 10.7. The highest BCUT2D eigenvalue weighted by molar-refractivity contribution is 7.89. The zero-order valence-electron chi connectivity index (χ0n) is 16.5. The molecule has 12 heteroatoms. The highest BCUT2D eigenvalue weighted by atomic mass is 32.2. The number of piperidine rings is 1. The Kier molecular flexibility index (Phi) is 6.27. The highest BCUT2D eigenvalue weighted by Gasteiger charge is 2.32. The summed E-state index contributed by atoms with van der Waals surface area (Å²) in [6, 6.07) is 5.80. The normalized spacial score (nSPS) is 15.5. The maximum atomic E-state index is 12.8. The fourth-order valence-electron chi connectivity index (χ4n) is 3.04. The number of amides is 1. The van der Waals surface area contributed by atoms with E-state index < -0.39 is 21.5 Å². The number of aryl methyl sites for hydroxylation is 1. The number of carbonyl (C=O) groups excluding carboxylic acids is 2. The van der Waals surface area contributed by atoms with Gasteiger partial charge in [0.15, 0.2) is 5.78 Å². The molecule has 0 bridgehead atoms. The molecule has 0 aliphatic carbocycles. The van der Waals surface area contributed by atoms with Crippen molar-refractivity contribution in [2.75, 3.05) is 18.5 Å². The molecule has 0 unspecified atom stereocenters. The summed E-state index contributed by atoms with van der Waals surface area (Å²) in [7, 11) is -3.70. The van der Waals surface area contributed by atoms with Gasteiger partial charge in [0.1, 0.15) is 5.69 Å². The zero-order chi connectivity index (χ0) is 21.9. The monoisotopic (exact) mass is 434 g/mol. The van der Waals surface area contributed by atoms with Crippen LogP contribution in [0.5, 0.6) is 0 Å². The lowest BCUT2D eigenvalue weighted by Crippen LogP contribution is -2.44. The van der Waals surface area contributed by atoms with E-state index in [9.17, 15) is 22.8 Å². The second kappa shape index (κ2) is 8.71. The Balaban J connectivity index is 1.56. The minimum Gasteiger partial charge on any atom is -0.295 e. The smallest absolute Gasteiger partial charge is 0.274 e. The first-order valence-electron chi connectivity index (χ1n) is 9.29. The van der Waals surface area contributed by atoms with Crippen LogP contribution in [0.2, 0.25) is 0 Å². The van der Waals surface area contributed by atoms with Crippen LogP contribution in [0.3, 0.4) is 0 Å². The summed E-state index contributed by atoms with van der Waals surface area (Å²) < 4.78 is 26.9. The van der Waals surface area contributed by atoms with Gasteiger partial charge in [-0.2, -0.15) is 4.31 Å². The molecule has 1 aromatic heterocycles. The molecule has 1 aliphatic heterocycles. The number of anilines is 1. The van der Waals surface area contributed by atoms with E-state index in [-0.39, 0.29) is 41.3 Å². The van der Waals surface area contributed by atoms with Crippen LogP contribution < -0.4 is 16.4 Å². The fraction of sp³-hybridized carbons (Fsp3) is 0.389. The molecule has 3 rings (SSSR count). The molecule has 1 saturated heterocycles. The number of Topliss-reactive ketones (excluding diaryl/α,β-unsaturated/α-hetero) is 1. The third-order valence-electron chi connectivity index (χ3n) is 4.89. The van der Waals surface area contributed by atoms with Crippen molar-refractivity contribution in [3.8, 4) is 0 Å². The number of carbonyl (C=O) groups is 2. The van der Waals surface area contributed by atoms with E-state index in [0.29, 0.717) is 18.4 Å². The number of ketones is 1. The van der Waals surface area contributed by atoms with Crippen LogP contribution in [-0.4, -0.2) is 52.7 Å². The Labute approximate surface area is 172 Å². The molecule has 0 saturated carbocycles. The summed E-state index contributed by atoms with van der Waals surface area (Å²) in [4.78, 5) is 37.7. The van der Waals surface area contributed by atoms with Crippen LogP contribution in [0, 0.1) is 12.8 Å². The van der Waals surface area contributed by atoms with Crippen LogP contribution in [0.15, 0.2) is 34.0 Å². The maximum absolute atomic E-state index is 12.8. The summed E-state index contributed by atoms with van der Waals surface area (Å²) in [5, 5.41) is 7.36. The van der Waals surface area contributed by atoms with E-state index in [0.717, 1.165) is 0 Å². The van der Waals surface area contributed by atoms with Gasteiger partial charge >= 0.3 is 0 Å². The lowest BCUT2D eigenvalue weighted by atomic mass is 9.98. The Morgan fingerprint density at radius 3 is 2.33 bits per heavy atom. The predicted molar refractivity (Wildman–Crippen MR) is 107 cm³/mol. The number of benzene rings is 1. The van der Waals surface area contributed by atoms with E-state index in [1.165, 1.54) is 42.4 Å². The number of aromatic amines is 1.